The number of para-hydroxylation sites is 2. The highest BCUT2D eigenvalue weighted by Gasteiger charge is 2.51. The van der Waals surface area contributed by atoms with Crippen LogP contribution in [0.5, 0.6) is 0 Å². The number of nitrogens with zero attached hydrogens (tertiary/aromatic N) is 4. The topological polar surface area (TPSA) is 96.3 Å². The first-order valence-electron chi connectivity index (χ1n) is 26.4. The zero-order valence-corrected chi connectivity index (χ0v) is 47.3. The molecule has 0 N–H and O–H groups in total. The molecule has 0 radical (unpaired) electrons. The van der Waals surface area contributed by atoms with Crippen molar-refractivity contribution >= 4 is 72.4 Å². The summed E-state index contributed by atoms with van der Waals surface area (Å²) in [5, 5.41) is 4.64. The summed E-state index contributed by atoms with van der Waals surface area (Å²) in [5.74, 6) is 1.60. The van der Waals surface area contributed by atoms with Gasteiger partial charge in [-0.3, -0.25) is 0 Å². The fourth-order valence-corrected chi connectivity index (χ4v) is 10.3. The highest BCUT2D eigenvalue weighted by Crippen LogP contribution is 2.38. The first kappa shape index (κ1) is 52.1. The lowest BCUT2D eigenvalue weighted by molar-refractivity contribution is 0.00578. The van der Waals surface area contributed by atoms with Crippen molar-refractivity contribution in [3.05, 3.63) is 221 Å². The molecule has 0 atom stereocenters. The van der Waals surface area contributed by atoms with Gasteiger partial charge < -0.3 is 18.1 Å². The lowest BCUT2D eigenvalue weighted by atomic mass is 9.78. The first-order chi connectivity index (χ1) is 37.5. The van der Waals surface area contributed by atoms with Crippen molar-refractivity contribution < 1.29 is 18.1 Å². The number of furan rings is 2. The van der Waals surface area contributed by atoms with Crippen LogP contribution >= 0.6 is 15.9 Å². The summed E-state index contributed by atoms with van der Waals surface area (Å²) >= 11 is 3.47. The Morgan fingerprint density at radius 3 is 1.12 bits per heavy atom. The molecule has 386 valence electrons. The van der Waals surface area contributed by atoms with Crippen LogP contribution < -0.4 is 5.46 Å². The SMILES string of the molecule is Brc1ccc(-c2ccc3oc4ccccc4c3c2)cc1.Cc1nc(C)c(C)c(-c2ccc(-c3ccc(-c4ccc5oc6ccccc6c5c4)cc3)cc2)n1.Cc1nc(C)c(C)c(-c2ccc(B3OC(C)(C)C(C)(C)O3)cc2)n1. The molecule has 0 spiro atoms. The van der Waals surface area contributed by atoms with Gasteiger partial charge in [0.1, 0.15) is 34.0 Å². The Balaban J connectivity index is 0.000000129. The predicted octanol–water partition coefficient (Wildman–Crippen LogP) is 17.7. The third-order valence-corrected chi connectivity index (χ3v) is 15.9. The molecule has 0 saturated carbocycles. The van der Waals surface area contributed by atoms with Crippen LogP contribution in [0, 0.1) is 41.5 Å². The van der Waals surface area contributed by atoms with Gasteiger partial charge in [0, 0.05) is 48.5 Å². The first-order valence-corrected chi connectivity index (χ1v) is 27.2. The van der Waals surface area contributed by atoms with Crippen LogP contribution in [0.3, 0.4) is 0 Å². The van der Waals surface area contributed by atoms with Gasteiger partial charge in [-0.15, -0.1) is 0 Å². The van der Waals surface area contributed by atoms with Crippen molar-refractivity contribution in [2.45, 2.75) is 80.4 Å². The van der Waals surface area contributed by atoms with E-state index in [1.165, 1.54) is 44.2 Å². The third-order valence-electron chi connectivity index (χ3n) is 15.4. The second-order valence-electron chi connectivity index (χ2n) is 21.1. The standard InChI is InChI=1S/C31H24N2O.C19H25BN2O2.C18H11BrO/c1-19-20(2)32-21(3)33-31(19)25-14-12-23(13-15-25)22-8-10-24(11-9-22)26-16-17-30-28(18-26)27-6-4-5-7-29(27)34-30;1-12-13(2)21-14(3)22-17(12)15-8-10-16(11-9-15)20-23-18(4,5)19(6,7)24-20;19-14-8-5-12(6-9-14)13-7-10-18-16(11-13)15-3-1-2-4-17(15)20-18/h4-18H,1-3H3;8-11H,1-7H3;1-11H. The van der Waals surface area contributed by atoms with Crippen molar-refractivity contribution in [1.29, 1.82) is 0 Å². The summed E-state index contributed by atoms with van der Waals surface area (Å²) in [4.78, 5) is 18.2. The summed E-state index contributed by atoms with van der Waals surface area (Å²) in [6.45, 7) is 20.3. The lowest BCUT2D eigenvalue weighted by Gasteiger charge is -2.32. The number of fused-ring (bicyclic) bond motifs is 6. The summed E-state index contributed by atoms with van der Waals surface area (Å²) in [5.41, 5.74) is 19.8. The molecule has 1 aliphatic heterocycles. The molecule has 0 amide bonds. The van der Waals surface area contributed by atoms with Gasteiger partial charge in [0.05, 0.1) is 22.6 Å². The van der Waals surface area contributed by atoms with Gasteiger partial charge in [-0.2, -0.15) is 0 Å². The molecule has 0 unspecified atom stereocenters. The van der Waals surface area contributed by atoms with Gasteiger partial charge in [-0.05, 0) is 168 Å². The lowest BCUT2D eigenvalue weighted by Crippen LogP contribution is -2.41. The van der Waals surface area contributed by atoms with Crippen LogP contribution in [0.4, 0.5) is 0 Å². The smallest absolute Gasteiger partial charge is 0.456 e. The van der Waals surface area contributed by atoms with Gasteiger partial charge >= 0.3 is 7.12 Å². The van der Waals surface area contributed by atoms with Crippen molar-refractivity contribution in [2.75, 3.05) is 0 Å². The molecule has 12 aromatic rings. The maximum Gasteiger partial charge on any atom is 0.494 e. The summed E-state index contributed by atoms with van der Waals surface area (Å²) in [6, 6.07) is 63.1. The monoisotopic (exact) mass is 1090 g/mol. The molecule has 0 bridgehead atoms. The number of rotatable bonds is 6. The van der Waals surface area contributed by atoms with Crippen LogP contribution in [0.2, 0.25) is 0 Å². The van der Waals surface area contributed by atoms with E-state index < -0.39 is 0 Å². The van der Waals surface area contributed by atoms with E-state index >= 15 is 0 Å². The average Bonchev–Trinajstić information content (AvgIpc) is 4.17. The van der Waals surface area contributed by atoms with Crippen molar-refractivity contribution in [3.8, 4) is 55.9 Å². The summed E-state index contributed by atoms with van der Waals surface area (Å²) in [7, 11) is -0.334. The van der Waals surface area contributed by atoms with Crippen molar-refractivity contribution in [2.24, 2.45) is 0 Å². The molecule has 1 fully saturated rings. The van der Waals surface area contributed by atoms with Crippen LogP contribution in [0.15, 0.2) is 195 Å². The Bertz CT molecular complexity index is 4150. The summed E-state index contributed by atoms with van der Waals surface area (Å²) < 4.78 is 25.1. The van der Waals surface area contributed by atoms with Crippen molar-refractivity contribution in [1.82, 2.24) is 19.9 Å². The molecular formula is C68H60BBrN4O4. The zero-order chi connectivity index (χ0) is 54.5. The van der Waals surface area contributed by atoms with Crippen LogP contribution in [0.25, 0.3) is 99.8 Å². The quantitative estimate of drug-likeness (QED) is 0.152. The number of halogens is 1. The number of aryl methyl sites for hydroxylation is 4. The third kappa shape index (κ3) is 10.4. The predicted molar refractivity (Wildman–Crippen MR) is 324 cm³/mol. The fourth-order valence-electron chi connectivity index (χ4n) is 10.0. The van der Waals surface area contributed by atoms with Crippen molar-refractivity contribution in [3.63, 3.8) is 0 Å². The van der Waals surface area contributed by atoms with E-state index in [4.69, 9.17) is 18.1 Å². The second kappa shape index (κ2) is 21.1. The van der Waals surface area contributed by atoms with E-state index in [1.807, 2.05) is 64.1 Å². The largest absolute Gasteiger partial charge is 0.494 e. The molecule has 1 saturated heterocycles. The van der Waals surface area contributed by atoms with Gasteiger partial charge in [0.15, 0.2) is 0 Å². The molecule has 4 aromatic heterocycles. The molecule has 5 heterocycles. The Labute approximate surface area is 464 Å². The van der Waals surface area contributed by atoms with Gasteiger partial charge in [-0.25, -0.2) is 19.9 Å². The Hall–Kier alpha value is -8.02. The van der Waals surface area contributed by atoms with E-state index in [-0.39, 0.29) is 18.3 Å². The second-order valence-corrected chi connectivity index (χ2v) is 22.1. The number of aromatic nitrogens is 4. The minimum atomic E-state index is -0.334. The molecule has 8 aromatic carbocycles. The number of benzene rings is 8. The van der Waals surface area contributed by atoms with Gasteiger partial charge in [-0.1, -0.05) is 149 Å². The fraction of sp³-hybridized carbons (Fsp3) is 0.176. The van der Waals surface area contributed by atoms with E-state index in [2.05, 4.69) is 223 Å². The Morgan fingerprint density at radius 2 is 0.692 bits per heavy atom. The van der Waals surface area contributed by atoms with E-state index in [9.17, 15) is 0 Å². The normalized spacial score (nSPS) is 13.7. The molecule has 10 heteroatoms. The summed E-state index contributed by atoms with van der Waals surface area (Å²) in [6.07, 6.45) is 0. The van der Waals surface area contributed by atoms with E-state index in [1.54, 1.807) is 0 Å². The number of hydrogen-bond donors (Lipinski definition) is 0. The average molecular weight is 1090 g/mol. The van der Waals surface area contributed by atoms with Gasteiger partial charge in [0.2, 0.25) is 0 Å². The highest BCUT2D eigenvalue weighted by molar-refractivity contribution is 9.10. The molecule has 8 nitrogen and oxygen atoms in total. The maximum atomic E-state index is 6.11. The molecule has 78 heavy (non-hydrogen) atoms. The molecule has 1 aliphatic rings. The minimum Gasteiger partial charge on any atom is -0.456 e. The zero-order valence-electron chi connectivity index (χ0n) is 45.7. The molecular weight excluding hydrogens is 1030 g/mol. The minimum absolute atomic E-state index is 0.326. The van der Waals surface area contributed by atoms with E-state index in [0.717, 1.165) is 99.7 Å². The molecule has 13 rings (SSSR count). The Morgan fingerprint density at radius 1 is 0.359 bits per heavy atom. The van der Waals surface area contributed by atoms with Crippen LogP contribution in [-0.4, -0.2) is 38.3 Å². The van der Waals surface area contributed by atoms with E-state index in [0.29, 0.717) is 0 Å². The highest BCUT2D eigenvalue weighted by atomic mass is 79.9. The van der Waals surface area contributed by atoms with Gasteiger partial charge in [0.25, 0.3) is 0 Å². The Kier molecular flexibility index (Phi) is 14.1. The molecule has 0 aliphatic carbocycles. The van der Waals surface area contributed by atoms with Crippen LogP contribution in [-0.2, 0) is 9.31 Å². The maximum absolute atomic E-state index is 6.11. The number of hydrogen-bond acceptors (Lipinski definition) is 8. The van der Waals surface area contributed by atoms with Crippen LogP contribution in [0.1, 0.15) is 61.9 Å².